The molecule has 0 N–H and O–H groups in total. The first-order valence-corrected chi connectivity index (χ1v) is 11.5. The van der Waals surface area contributed by atoms with Crippen LogP contribution in [0.1, 0.15) is 26.9 Å². The third-order valence-electron chi connectivity index (χ3n) is 5.53. The van der Waals surface area contributed by atoms with E-state index in [9.17, 15) is 9.59 Å². The molecule has 0 spiro atoms. The lowest BCUT2D eigenvalue weighted by Gasteiger charge is -2.19. The Bertz CT molecular complexity index is 1410. The molecule has 0 radical (unpaired) electrons. The van der Waals surface area contributed by atoms with Crippen LogP contribution in [-0.2, 0) is 14.2 Å². The van der Waals surface area contributed by atoms with Crippen LogP contribution in [0.5, 0.6) is 0 Å². The maximum absolute atomic E-state index is 15.8. The van der Waals surface area contributed by atoms with Crippen molar-refractivity contribution < 1.29 is 28.2 Å². The van der Waals surface area contributed by atoms with Gasteiger partial charge in [-0.15, -0.1) is 0 Å². The van der Waals surface area contributed by atoms with Gasteiger partial charge in [0.1, 0.15) is 17.9 Å². The highest BCUT2D eigenvalue weighted by atomic mass is 35.5. The molecule has 1 fully saturated rings. The molecule has 4 aromatic rings. The number of ether oxygens (including phenoxy) is 3. The Labute approximate surface area is 213 Å². The summed E-state index contributed by atoms with van der Waals surface area (Å²) >= 11 is 12.0. The van der Waals surface area contributed by atoms with E-state index in [0.717, 1.165) is 4.68 Å². The third-order valence-corrected chi connectivity index (χ3v) is 5.99. The van der Waals surface area contributed by atoms with Gasteiger partial charge in [-0.2, -0.15) is 10.1 Å². The molecule has 2 aromatic carbocycles. The molecule has 0 bridgehead atoms. The average Bonchev–Trinajstić information content (AvgIpc) is 3.44. The molecule has 0 unspecified atom stereocenters. The number of aromatic nitrogens is 4. The minimum Gasteiger partial charge on any atom is -0.459 e. The van der Waals surface area contributed by atoms with E-state index in [1.54, 1.807) is 48.5 Å². The lowest BCUT2D eigenvalue weighted by molar-refractivity contribution is -0.0601. The molecule has 0 amide bonds. The van der Waals surface area contributed by atoms with Crippen molar-refractivity contribution in [2.24, 2.45) is 0 Å². The first-order chi connectivity index (χ1) is 17.4. The minimum atomic E-state index is -1.89. The number of fused-ring (bicyclic) bond motifs is 1. The highest BCUT2D eigenvalue weighted by molar-refractivity contribution is 6.35. The molecule has 5 rings (SSSR count). The molecule has 0 saturated carbocycles. The lowest BCUT2D eigenvalue weighted by Crippen LogP contribution is -2.37. The van der Waals surface area contributed by atoms with Gasteiger partial charge < -0.3 is 14.2 Å². The molecule has 1 aliphatic rings. The van der Waals surface area contributed by atoms with Crippen molar-refractivity contribution in [2.45, 2.75) is 24.6 Å². The van der Waals surface area contributed by atoms with Crippen molar-refractivity contribution in [3.63, 3.8) is 0 Å². The smallest absolute Gasteiger partial charge is 0.338 e. The number of benzene rings is 2. The molecule has 184 valence electrons. The average molecular weight is 531 g/mol. The molecule has 1 saturated heterocycles. The normalized spacial score (nSPS) is 21.4. The van der Waals surface area contributed by atoms with Crippen molar-refractivity contribution in [1.82, 2.24) is 19.7 Å². The van der Waals surface area contributed by atoms with Crippen LogP contribution in [0.4, 0.5) is 4.39 Å². The van der Waals surface area contributed by atoms with E-state index >= 15 is 4.39 Å². The van der Waals surface area contributed by atoms with E-state index in [-0.39, 0.29) is 28.3 Å². The number of rotatable bonds is 6. The Morgan fingerprint density at radius 3 is 2.28 bits per heavy atom. The predicted molar refractivity (Wildman–Crippen MR) is 127 cm³/mol. The Kier molecular flexibility index (Phi) is 6.82. The first kappa shape index (κ1) is 24.1. The van der Waals surface area contributed by atoms with E-state index < -0.39 is 36.5 Å². The molecule has 9 nitrogen and oxygen atoms in total. The summed E-state index contributed by atoms with van der Waals surface area (Å²) in [6.07, 6.45) is -4.49. The van der Waals surface area contributed by atoms with Crippen molar-refractivity contribution in [3.05, 3.63) is 88.4 Å². The molecule has 1 aliphatic heterocycles. The van der Waals surface area contributed by atoms with Gasteiger partial charge in [-0.1, -0.05) is 48.0 Å². The Balaban J connectivity index is 1.42. The second-order valence-electron chi connectivity index (χ2n) is 7.82. The summed E-state index contributed by atoms with van der Waals surface area (Å²) in [5.74, 6) is -1.40. The van der Waals surface area contributed by atoms with E-state index in [1.807, 2.05) is 0 Å². The first-order valence-electron chi connectivity index (χ1n) is 10.8. The molecule has 36 heavy (non-hydrogen) atoms. The number of carbonyl (C=O) groups is 2. The van der Waals surface area contributed by atoms with Gasteiger partial charge in [0, 0.05) is 0 Å². The Hall–Kier alpha value is -3.60. The standard InChI is InChI=1S/C24H17Cl2FN4O5/c25-19-15-11-28-31(20(15)30-24(26)29-19)21-17(27)18(36-23(33)14-9-5-2-6-10-14)16(35-21)12-34-22(32)13-7-3-1-4-8-13/h1-11,16-18,21H,12H2/t16-,17+,18-,21-/m1/s1. The Morgan fingerprint density at radius 2 is 1.61 bits per heavy atom. The summed E-state index contributed by atoms with van der Waals surface area (Å²) in [6.45, 7) is -0.382. The van der Waals surface area contributed by atoms with E-state index in [0.29, 0.717) is 10.9 Å². The third kappa shape index (κ3) is 4.75. The molecule has 12 heteroatoms. The highest BCUT2D eigenvalue weighted by Gasteiger charge is 2.50. The minimum absolute atomic E-state index is 0.0325. The number of nitrogens with zero attached hydrogens (tertiary/aromatic N) is 4. The van der Waals surface area contributed by atoms with Crippen LogP contribution < -0.4 is 0 Å². The van der Waals surface area contributed by atoms with Gasteiger partial charge in [-0.25, -0.2) is 23.6 Å². The summed E-state index contributed by atoms with van der Waals surface area (Å²) in [5, 5.41) is 4.33. The van der Waals surface area contributed by atoms with Crippen molar-refractivity contribution in [3.8, 4) is 0 Å². The zero-order valence-electron chi connectivity index (χ0n) is 18.3. The van der Waals surface area contributed by atoms with Crippen molar-refractivity contribution in [2.75, 3.05) is 6.61 Å². The van der Waals surface area contributed by atoms with Crippen LogP contribution in [0, 0.1) is 0 Å². The highest BCUT2D eigenvalue weighted by Crippen LogP contribution is 2.36. The molecule has 3 heterocycles. The van der Waals surface area contributed by atoms with E-state index in [4.69, 9.17) is 37.4 Å². The summed E-state index contributed by atoms with van der Waals surface area (Å²) < 4.78 is 33.7. The summed E-state index contributed by atoms with van der Waals surface area (Å²) in [6, 6.07) is 16.4. The molecule has 4 atom stereocenters. The SMILES string of the molecule is O=C(OC[C@H]1O[C@@H](n2ncc3c(Cl)nc(Cl)nc32)[C@@H](F)[C@@H]1OC(=O)c1ccccc1)c1ccccc1. The number of alkyl halides is 1. The number of hydrogen-bond donors (Lipinski definition) is 0. The van der Waals surface area contributed by atoms with Gasteiger partial charge in [0.05, 0.1) is 22.7 Å². The predicted octanol–water partition coefficient (Wildman–Crippen LogP) is 4.45. The van der Waals surface area contributed by atoms with Gasteiger partial charge in [0.15, 0.2) is 24.2 Å². The van der Waals surface area contributed by atoms with Gasteiger partial charge in [-0.3, -0.25) is 0 Å². The van der Waals surface area contributed by atoms with Gasteiger partial charge >= 0.3 is 11.9 Å². The Morgan fingerprint density at radius 1 is 0.972 bits per heavy atom. The van der Waals surface area contributed by atoms with Crippen LogP contribution >= 0.6 is 23.2 Å². The largest absolute Gasteiger partial charge is 0.459 e. The fourth-order valence-electron chi connectivity index (χ4n) is 3.80. The zero-order valence-corrected chi connectivity index (χ0v) is 19.8. The topological polar surface area (TPSA) is 105 Å². The fourth-order valence-corrected chi connectivity index (χ4v) is 4.22. The fraction of sp³-hybridized carbons (Fsp3) is 0.208. The zero-order chi connectivity index (χ0) is 25.2. The quantitative estimate of drug-likeness (QED) is 0.204. The van der Waals surface area contributed by atoms with Gasteiger partial charge in [-0.05, 0) is 35.9 Å². The second-order valence-corrected chi connectivity index (χ2v) is 8.52. The summed E-state index contributed by atoms with van der Waals surface area (Å²) in [5.41, 5.74) is 0.660. The second kappa shape index (κ2) is 10.2. The number of halogens is 3. The van der Waals surface area contributed by atoms with Crippen molar-refractivity contribution in [1.29, 1.82) is 0 Å². The molecular formula is C24H17Cl2FN4O5. The molecular weight excluding hydrogens is 514 g/mol. The molecule has 0 aliphatic carbocycles. The lowest BCUT2D eigenvalue weighted by atomic mass is 10.1. The van der Waals surface area contributed by atoms with Gasteiger partial charge in [0.25, 0.3) is 0 Å². The van der Waals surface area contributed by atoms with Crippen LogP contribution in [0.25, 0.3) is 11.0 Å². The van der Waals surface area contributed by atoms with Crippen LogP contribution in [0.2, 0.25) is 10.4 Å². The van der Waals surface area contributed by atoms with E-state index in [1.165, 1.54) is 18.3 Å². The van der Waals surface area contributed by atoms with Crippen LogP contribution in [0.3, 0.4) is 0 Å². The molecule has 2 aromatic heterocycles. The maximum atomic E-state index is 15.8. The number of esters is 2. The summed E-state index contributed by atoms with van der Waals surface area (Å²) in [7, 11) is 0. The number of hydrogen-bond acceptors (Lipinski definition) is 8. The maximum Gasteiger partial charge on any atom is 0.338 e. The van der Waals surface area contributed by atoms with Gasteiger partial charge in [0.2, 0.25) is 5.28 Å². The summed E-state index contributed by atoms with van der Waals surface area (Å²) in [4.78, 5) is 33.1. The van der Waals surface area contributed by atoms with E-state index in [2.05, 4.69) is 15.1 Å². The number of carbonyl (C=O) groups excluding carboxylic acids is 2. The monoisotopic (exact) mass is 530 g/mol. The van der Waals surface area contributed by atoms with Crippen LogP contribution in [0.15, 0.2) is 66.9 Å². The van der Waals surface area contributed by atoms with Crippen molar-refractivity contribution >= 4 is 46.2 Å². The van der Waals surface area contributed by atoms with Crippen LogP contribution in [-0.4, -0.2) is 56.7 Å².